The highest BCUT2D eigenvalue weighted by Crippen LogP contribution is 2.66. The molecule has 8 rings (SSSR count). The maximum absolute atomic E-state index is 12.7. The van der Waals surface area contributed by atoms with Gasteiger partial charge >= 0.3 is 5.97 Å². The van der Waals surface area contributed by atoms with Crippen LogP contribution in [0.15, 0.2) is 53.7 Å². The Morgan fingerprint density at radius 2 is 1.83 bits per heavy atom. The number of ether oxygens (including phenoxy) is 1. The van der Waals surface area contributed by atoms with Gasteiger partial charge in [-0.2, -0.15) is 0 Å². The Labute approximate surface area is 344 Å². The summed E-state index contributed by atoms with van der Waals surface area (Å²) in [6.45, 7) is 11.0. The lowest BCUT2D eigenvalue weighted by atomic mass is 9.53. The Bertz CT molecular complexity index is 2160. The zero-order valence-corrected chi connectivity index (χ0v) is 35.0. The van der Waals surface area contributed by atoms with E-state index < -0.39 is 5.97 Å². The smallest absolute Gasteiger partial charge is 0.355 e. The molecular weight excluding hydrogens is 755 g/mol. The number of carboxylic acids is 1. The topological polar surface area (TPSA) is 204 Å². The molecule has 310 valence electrons. The molecule has 4 fully saturated rings. The number of allylic oxidation sites excluding steroid dienone is 1. The van der Waals surface area contributed by atoms with Crippen molar-refractivity contribution in [2.45, 2.75) is 71.8 Å². The highest BCUT2D eigenvalue weighted by atomic mass is 32.1. The molecule has 0 amide bonds. The van der Waals surface area contributed by atoms with Crippen molar-refractivity contribution in [2.75, 3.05) is 56.7 Å². The van der Waals surface area contributed by atoms with Gasteiger partial charge in [-0.25, -0.2) is 14.8 Å². The molecule has 4 aromatic rings. The number of aromatic carboxylic acids is 1. The summed E-state index contributed by atoms with van der Waals surface area (Å²) in [5.41, 5.74) is 9.61. The zero-order chi connectivity index (χ0) is 41.2. The zero-order valence-electron chi connectivity index (χ0n) is 34.2. The van der Waals surface area contributed by atoms with Crippen molar-refractivity contribution in [3.8, 4) is 0 Å². The molecule has 4 saturated carbocycles. The van der Waals surface area contributed by atoms with Crippen LogP contribution in [0.4, 0.5) is 22.6 Å². The third kappa shape index (κ3) is 8.88. The molecule has 4 bridgehead atoms. The van der Waals surface area contributed by atoms with Crippen molar-refractivity contribution >= 4 is 61.4 Å². The van der Waals surface area contributed by atoms with Gasteiger partial charge < -0.3 is 41.3 Å². The number of aryl methyl sites for hydroxylation is 1. The minimum atomic E-state index is -1.17. The first-order valence-corrected chi connectivity index (χ1v) is 21.0. The fraction of sp³-hybridized carbons (Fsp3) is 0.535. The first-order valence-electron chi connectivity index (χ1n) is 20.2. The van der Waals surface area contributed by atoms with Crippen molar-refractivity contribution in [1.82, 2.24) is 25.5 Å². The normalized spacial score (nSPS) is 25.7. The number of aromatic nitrogens is 4. The monoisotopic (exact) mass is 811 g/mol. The molecule has 0 aliphatic heterocycles. The largest absolute Gasteiger partial charge is 0.476 e. The summed E-state index contributed by atoms with van der Waals surface area (Å²) in [5, 5.41) is 45.4. The van der Waals surface area contributed by atoms with Crippen molar-refractivity contribution in [2.24, 2.45) is 39.3 Å². The van der Waals surface area contributed by atoms with E-state index in [0.717, 1.165) is 53.0 Å². The number of benzene rings is 1. The lowest BCUT2D eigenvalue weighted by molar-refractivity contribution is -0.163. The number of carbonyl (C=O) groups is 1. The molecule has 0 radical (unpaired) electrons. The Hall–Kier alpha value is -4.54. The number of aliphatic hydroxyl groups excluding tert-OH is 2. The lowest BCUT2D eigenvalue weighted by Gasteiger charge is -2.56. The Kier molecular flexibility index (Phi) is 12.2. The van der Waals surface area contributed by atoms with Crippen LogP contribution >= 0.6 is 11.3 Å². The van der Waals surface area contributed by atoms with Crippen molar-refractivity contribution in [1.29, 1.82) is 0 Å². The predicted molar refractivity (Wildman–Crippen MR) is 229 cm³/mol. The second-order valence-electron chi connectivity index (χ2n) is 17.5. The highest BCUT2D eigenvalue weighted by Gasteiger charge is 2.60. The van der Waals surface area contributed by atoms with Gasteiger partial charge in [0.05, 0.1) is 22.4 Å². The summed E-state index contributed by atoms with van der Waals surface area (Å²) in [4.78, 5) is 28.8. The van der Waals surface area contributed by atoms with Crippen molar-refractivity contribution in [3.63, 3.8) is 0 Å². The van der Waals surface area contributed by atoms with Crippen LogP contribution in [0.25, 0.3) is 15.8 Å². The van der Waals surface area contributed by atoms with Gasteiger partial charge in [0.1, 0.15) is 5.82 Å². The van der Waals surface area contributed by atoms with Gasteiger partial charge in [-0.05, 0) is 111 Å². The number of hydrogen-bond acceptors (Lipinski definition) is 14. The van der Waals surface area contributed by atoms with E-state index in [2.05, 4.69) is 44.6 Å². The molecule has 5 unspecified atom stereocenters. The molecule has 0 spiro atoms. The van der Waals surface area contributed by atoms with E-state index in [1.807, 2.05) is 44.2 Å². The van der Waals surface area contributed by atoms with E-state index in [-0.39, 0.29) is 41.3 Å². The first-order chi connectivity index (χ1) is 27.7. The van der Waals surface area contributed by atoms with Crippen LogP contribution in [-0.4, -0.2) is 99.3 Å². The summed E-state index contributed by atoms with van der Waals surface area (Å²) < 4.78 is 7.87. The summed E-state index contributed by atoms with van der Waals surface area (Å²) in [6, 6.07) is 13.3. The summed E-state index contributed by atoms with van der Waals surface area (Å²) in [6.07, 6.45) is 7.91. The summed E-state index contributed by atoms with van der Waals surface area (Å²) in [5.74, 6) is 0.961. The van der Waals surface area contributed by atoms with Crippen LogP contribution in [0.2, 0.25) is 0 Å². The number of nitrogens with zero attached hydrogens (tertiary/aromatic N) is 6. The molecule has 4 aliphatic carbocycles. The number of fused-ring (bicyclic) bond motifs is 2. The fourth-order valence-corrected chi connectivity index (χ4v) is 11.3. The molecule has 5 atom stereocenters. The van der Waals surface area contributed by atoms with Crippen LogP contribution in [-0.2, 0) is 4.74 Å². The van der Waals surface area contributed by atoms with Gasteiger partial charge in [0.15, 0.2) is 22.5 Å². The average Bonchev–Trinajstić information content (AvgIpc) is 3.54. The van der Waals surface area contributed by atoms with Gasteiger partial charge in [-0.3, -0.25) is 4.99 Å². The third-order valence-electron chi connectivity index (χ3n) is 12.5. The van der Waals surface area contributed by atoms with Crippen LogP contribution < -0.4 is 21.3 Å². The number of pyridine rings is 1. The number of carboxylic acid groups (broad SMARTS) is 1. The standard InChI is InChI=1S/C43H57N9O5S/c1-26-14-36(50-51-38(26)49-40-47-33-8-6-7-9-34(33)58-40)52(5)35-11-10-31(37(48-35)39(55)56)32(18-44)27(2)46-20-30-16-42(4)23-41(3)15-29(30)17-43(24-41,25-42)57-13-12-45-19-28(21-53)22-54/h6-11,14,18,28-30,45,53-54H,12-13,15-17,19-25,44H2,1-5H3,(H,55,56)(H,47,49,51). The van der Waals surface area contributed by atoms with E-state index >= 15 is 0 Å². The third-order valence-corrected chi connectivity index (χ3v) is 13.4. The number of nitrogens with one attached hydrogen (secondary N) is 2. The minimum absolute atomic E-state index is 0.0436. The highest BCUT2D eigenvalue weighted by molar-refractivity contribution is 7.22. The first kappa shape index (κ1) is 41.6. The summed E-state index contributed by atoms with van der Waals surface area (Å²) >= 11 is 1.54. The molecule has 1 aromatic carbocycles. The van der Waals surface area contributed by atoms with Crippen LogP contribution in [0, 0.1) is 35.5 Å². The maximum Gasteiger partial charge on any atom is 0.355 e. The number of anilines is 4. The average molecular weight is 812 g/mol. The second kappa shape index (κ2) is 17.0. The molecule has 14 nitrogen and oxygen atoms in total. The van der Waals surface area contributed by atoms with Crippen molar-refractivity contribution in [3.05, 3.63) is 65.5 Å². The van der Waals surface area contributed by atoms with E-state index in [1.54, 1.807) is 24.1 Å². The molecule has 15 heteroatoms. The molecule has 3 heterocycles. The minimum Gasteiger partial charge on any atom is -0.476 e. The molecule has 0 saturated heterocycles. The van der Waals surface area contributed by atoms with E-state index in [4.69, 9.17) is 15.5 Å². The van der Waals surface area contributed by atoms with Gasteiger partial charge in [-0.15, -0.1) is 10.2 Å². The quantitative estimate of drug-likeness (QED) is 0.0510. The number of para-hydroxylation sites is 1. The van der Waals surface area contributed by atoms with Crippen molar-refractivity contribution < 1.29 is 24.9 Å². The van der Waals surface area contributed by atoms with E-state index in [9.17, 15) is 20.1 Å². The molecule has 4 aliphatic rings. The van der Waals surface area contributed by atoms with E-state index in [1.165, 1.54) is 24.0 Å². The Morgan fingerprint density at radius 3 is 2.53 bits per heavy atom. The van der Waals surface area contributed by atoms with Crippen LogP contribution in [0.3, 0.4) is 0 Å². The number of aliphatic imine (C=N–C) groups is 1. The Balaban J connectivity index is 1.04. The molecular formula is C43H57N9O5S. The number of thiazole rings is 1. The van der Waals surface area contributed by atoms with Crippen LogP contribution in [0.5, 0.6) is 0 Å². The number of hydrogen-bond donors (Lipinski definition) is 6. The predicted octanol–water partition coefficient (Wildman–Crippen LogP) is 6.33. The van der Waals surface area contributed by atoms with Gasteiger partial charge in [0.25, 0.3) is 0 Å². The number of nitrogens with two attached hydrogens (primary N) is 1. The maximum atomic E-state index is 12.7. The lowest BCUT2D eigenvalue weighted by Crippen LogP contribution is -2.53. The SMILES string of the molecule is CC(=NCC1CC2(C)CC3(C)CC1CC(OCCNCC(CO)CO)(C2)C3)C(=CN)c1ccc(N(C)c2cc(C)c(Nc3nc4ccccc4s3)nn2)nc1C(=O)O. The molecule has 58 heavy (non-hydrogen) atoms. The van der Waals surface area contributed by atoms with Gasteiger partial charge in [0.2, 0.25) is 0 Å². The van der Waals surface area contributed by atoms with Crippen LogP contribution in [0.1, 0.15) is 80.9 Å². The Morgan fingerprint density at radius 1 is 1.07 bits per heavy atom. The van der Waals surface area contributed by atoms with E-state index in [0.29, 0.717) is 72.4 Å². The van der Waals surface area contributed by atoms with Gasteiger partial charge in [-0.1, -0.05) is 37.3 Å². The molecule has 3 aromatic heterocycles. The number of aliphatic hydroxyl groups is 2. The second-order valence-corrected chi connectivity index (χ2v) is 18.6. The number of rotatable bonds is 17. The molecule has 7 N–H and O–H groups in total. The summed E-state index contributed by atoms with van der Waals surface area (Å²) in [7, 11) is 1.77. The fourth-order valence-electron chi connectivity index (χ4n) is 10.4. The van der Waals surface area contributed by atoms with Gasteiger partial charge in [0, 0.05) is 68.9 Å².